The average molecular weight is 509 g/mol. The molecule has 0 fully saturated rings. The molecule has 2 aliphatic rings. The van der Waals surface area contributed by atoms with Gasteiger partial charge in [0.05, 0.1) is 5.41 Å². The van der Waals surface area contributed by atoms with Crippen LogP contribution in [0, 0.1) is 0 Å². The summed E-state index contributed by atoms with van der Waals surface area (Å²) in [6.45, 7) is 9.55. The third-order valence-electron chi connectivity index (χ3n) is 8.58. The molecule has 1 heteroatoms. The number of benzene rings is 5. The van der Waals surface area contributed by atoms with Crippen LogP contribution in [0.15, 0.2) is 115 Å². The SMILES string of the molecule is CC(C)c1ccc2c(c1-c1ccccc1)P(C(C)C)c1ccccc1C21c2ccccc2-c2ccccc21. The quantitative estimate of drug-likeness (QED) is 0.209. The molecule has 7 rings (SSSR count). The minimum Gasteiger partial charge on any atom is -0.0622 e. The zero-order chi connectivity index (χ0) is 26.0. The molecule has 1 spiro atoms. The highest BCUT2D eigenvalue weighted by Gasteiger charge is 2.52. The Hall–Kier alpha value is -3.47. The fourth-order valence-electron chi connectivity index (χ4n) is 7.17. The van der Waals surface area contributed by atoms with Gasteiger partial charge in [-0.15, -0.1) is 0 Å². The second-order valence-electron chi connectivity index (χ2n) is 11.3. The Morgan fingerprint density at radius 1 is 0.526 bits per heavy atom. The van der Waals surface area contributed by atoms with Gasteiger partial charge in [0.2, 0.25) is 0 Å². The standard InChI is InChI=1S/C37H33P/c1-24(2)27-22-23-33-36(35(27)26-14-6-5-7-15-26)38(25(3)4)34-21-13-12-20-32(34)37(33)30-18-10-8-16-28(30)29-17-9-11-19-31(29)37/h5-25H,1-4H3. The maximum atomic E-state index is 2.50. The lowest BCUT2D eigenvalue weighted by molar-refractivity contribution is 0.773. The van der Waals surface area contributed by atoms with Crippen LogP contribution in [0.3, 0.4) is 0 Å². The minimum atomic E-state index is -0.568. The second-order valence-corrected chi connectivity index (χ2v) is 14.0. The fourth-order valence-corrected chi connectivity index (χ4v) is 10.2. The van der Waals surface area contributed by atoms with E-state index < -0.39 is 7.92 Å². The summed E-state index contributed by atoms with van der Waals surface area (Å²) in [7, 11) is -0.568. The third-order valence-corrected chi connectivity index (χ3v) is 11.5. The Kier molecular flexibility index (Phi) is 5.47. The number of hydrogen-bond acceptors (Lipinski definition) is 0. The van der Waals surface area contributed by atoms with Gasteiger partial charge in [0.25, 0.3) is 0 Å². The van der Waals surface area contributed by atoms with Crippen LogP contribution in [0.5, 0.6) is 0 Å². The van der Waals surface area contributed by atoms with Gasteiger partial charge in [-0.05, 0) is 80.2 Å². The van der Waals surface area contributed by atoms with E-state index in [4.69, 9.17) is 0 Å². The Bertz CT molecular complexity index is 1630. The molecular weight excluding hydrogens is 475 g/mol. The van der Waals surface area contributed by atoms with Gasteiger partial charge < -0.3 is 0 Å². The lowest BCUT2D eigenvalue weighted by atomic mass is 9.66. The van der Waals surface area contributed by atoms with Crippen molar-refractivity contribution in [1.82, 2.24) is 0 Å². The Morgan fingerprint density at radius 3 is 1.68 bits per heavy atom. The first-order valence-electron chi connectivity index (χ1n) is 13.9. The summed E-state index contributed by atoms with van der Waals surface area (Å²) >= 11 is 0. The van der Waals surface area contributed by atoms with Crippen molar-refractivity contribution in [1.29, 1.82) is 0 Å². The lowest BCUT2D eigenvalue weighted by Crippen LogP contribution is -2.44. The summed E-state index contributed by atoms with van der Waals surface area (Å²) in [6, 6.07) is 43.8. The number of rotatable bonds is 3. The van der Waals surface area contributed by atoms with E-state index in [1.54, 1.807) is 5.30 Å². The summed E-state index contributed by atoms with van der Waals surface area (Å²) < 4.78 is 0. The van der Waals surface area contributed by atoms with Crippen molar-refractivity contribution in [2.45, 2.75) is 44.7 Å². The molecule has 0 amide bonds. The minimum absolute atomic E-state index is 0.314. The van der Waals surface area contributed by atoms with Crippen LogP contribution in [-0.2, 0) is 5.41 Å². The molecule has 0 radical (unpaired) electrons. The predicted molar refractivity (Wildman–Crippen MR) is 165 cm³/mol. The molecule has 1 heterocycles. The normalized spacial score (nSPS) is 16.3. The van der Waals surface area contributed by atoms with Gasteiger partial charge in [-0.3, -0.25) is 0 Å². The van der Waals surface area contributed by atoms with Gasteiger partial charge in [-0.1, -0.05) is 143 Å². The van der Waals surface area contributed by atoms with Crippen LogP contribution < -0.4 is 10.6 Å². The molecule has 0 aromatic heterocycles. The van der Waals surface area contributed by atoms with Gasteiger partial charge in [-0.2, -0.15) is 0 Å². The molecule has 0 N–H and O–H groups in total. The molecule has 38 heavy (non-hydrogen) atoms. The zero-order valence-corrected chi connectivity index (χ0v) is 23.5. The first-order chi connectivity index (χ1) is 18.5. The molecule has 1 aliphatic heterocycles. The van der Waals surface area contributed by atoms with E-state index in [2.05, 4.69) is 143 Å². The second kappa shape index (κ2) is 8.79. The molecule has 5 aromatic rings. The molecule has 5 aromatic carbocycles. The largest absolute Gasteiger partial charge is 0.0726 e. The van der Waals surface area contributed by atoms with E-state index in [-0.39, 0.29) is 5.41 Å². The van der Waals surface area contributed by atoms with Crippen LogP contribution in [0.1, 0.15) is 61.4 Å². The average Bonchev–Trinajstić information content (AvgIpc) is 3.24. The molecular formula is C37H33P. The highest BCUT2D eigenvalue weighted by atomic mass is 31.1. The molecule has 1 aliphatic carbocycles. The van der Waals surface area contributed by atoms with E-state index in [0.29, 0.717) is 11.6 Å². The number of hydrogen-bond donors (Lipinski definition) is 0. The monoisotopic (exact) mass is 508 g/mol. The summed E-state index contributed by atoms with van der Waals surface area (Å²) in [5, 5.41) is 3.12. The van der Waals surface area contributed by atoms with Crippen molar-refractivity contribution in [3.05, 3.63) is 143 Å². The highest BCUT2D eigenvalue weighted by molar-refractivity contribution is 7.74. The van der Waals surface area contributed by atoms with Crippen LogP contribution in [-0.4, -0.2) is 5.66 Å². The molecule has 1 unspecified atom stereocenters. The molecule has 0 bridgehead atoms. The number of fused-ring (bicyclic) bond motifs is 9. The maximum absolute atomic E-state index is 2.50. The van der Waals surface area contributed by atoms with Crippen LogP contribution in [0.2, 0.25) is 0 Å². The molecule has 186 valence electrons. The van der Waals surface area contributed by atoms with Crippen molar-refractivity contribution in [3.8, 4) is 22.3 Å². The van der Waals surface area contributed by atoms with Crippen LogP contribution in [0.25, 0.3) is 22.3 Å². The summed E-state index contributed by atoms with van der Waals surface area (Å²) in [6.07, 6.45) is 0. The van der Waals surface area contributed by atoms with E-state index in [9.17, 15) is 0 Å². The summed E-state index contributed by atoms with van der Waals surface area (Å²) in [5.74, 6) is 0.441. The smallest absolute Gasteiger partial charge is 0.0622 e. The van der Waals surface area contributed by atoms with Gasteiger partial charge in [0.1, 0.15) is 0 Å². The van der Waals surface area contributed by atoms with Crippen molar-refractivity contribution >= 4 is 18.5 Å². The van der Waals surface area contributed by atoms with Gasteiger partial charge >= 0.3 is 0 Å². The van der Waals surface area contributed by atoms with E-state index >= 15 is 0 Å². The van der Waals surface area contributed by atoms with Gasteiger partial charge in [0.15, 0.2) is 0 Å². The van der Waals surface area contributed by atoms with E-state index in [1.165, 1.54) is 55.4 Å². The fraction of sp³-hybridized carbons (Fsp3) is 0.189. The van der Waals surface area contributed by atoms with E-state index in [0.717, 1.165) is 0 Å². The predicted octanol–water partition coefficient (Wildman–Crippen LogP) is 8.99. The van der Waals surface area contributed by atoms with Crippen LogP contribution in [0.4, 0.5) is 0 Å². The Labute approximate surface area is 228 Å². The molecule has 0 nitrogen and oxygen atoms in total. The topological polar surface area (TPSA) is 0 Å². The van der Waals surface area contributed by atoms with Crippen molar-refractivity contribution in [3.63, 3.8) is 0 Å². The maximum Gasteiger partial charge on any atom is 0.0726 e. The van der Waals surface area contributed by atoms with Crippen LogP contribution >= 0.6 is 7.92 Å². The summed E-state index contributed by atoms with van der Waals surface area (Å²) in [5.41, 5.74) is 13.0. The Balaban J connectivity index is 1.72. The highest BCUT2D eigenvalue weighted by Crippen LogP contribution is 2.62. The summed E-state index contributed by atoms with van der Waals surface area (Å²) in [4.78, 5) is 0. The van der Waals surface area contributed by atoms with Crippen molar-refractivity contribution in [2.75, 3.05) is 0 Å². The molecule has 0 saturated heterocycles. The molecule has 1 atom stereocenters. The zero-order valence-electron chi connectivity index (χ0n) is 22.6. The lowest BCUT2D eigenvalue weighted by Gasteiger charge is -2.46. The van der Waals surface area contributed by atoms with Gasteiger partial charge in [-0.25, -0.2) is 0 Å². The molecule has 0 saturated carbocycles. The third kappa shape index (κ3) is 3.08. The Morgan fingerprint density at radius 2 is 1.08 bits per heavy atom. The van der Waals surface area contributed by atoms with E-state index in [1.807, 2.05) is 0 Å². The van der Waals surface area contributed by atoms with Gasteiger partial charge in [0, 0.05) is 0 Å². The van der Waals surface area contributed by atoms with Crippen molar-refractivity contribution < 1.29 is 0 Å². The first kappa shape index (κ1) is 23.6. The van der Waals surface area contributed by atoms with Crippen molar-refractivity contribution in [2.24, 2.45) is 0 Å². The first-order valence-corrected chi connectivity index (χ1v) is 15.3.